The first kappa shape index (κ1) is 15.3. The summed E-state index contributed by atoms with van der Waals surface area (Å²) >= 11 is 1.24. The molecule has 1 fully saturated rings. The van der Waals surface area contributed by atoms with E-state index in [1.807, 2.05) is 7.05 Å². The van der Waals surface area contributed by atoms with E-state index >= 15 is 0 Å². The highest BCUT2D eigenvalue weighted by Gasteiger charge is 2.21. The highest BCUT2D eigenvalue weighted by molar-refractivity contribution is 7.17. The number of anilines is 1. The van der Waals surface area contributed by atoms with Crippen molar-refractivity contribution >= 4 is 22.4 Å². The van der Waals surface area contributed by atoms with Crippen molar-refractivity contribution in [3.63, 3.8) is 0 Å². The van der Waals surface area contributed by atoms with E-state index in [4.69, 9.17) is 4.74 Å². The van der Waals surface area contributed by atoms with E-state index in [0.717, 1.165) is 11.7 Å². The molecule has 0 atom stereocenters. The van der Waals surface area contributed by atoms with Crippen LogP contribution in [-0.4, -0.2) is 36.8 Å². The topological polar surface area (TPSA) is 62.7 Å². The summed E-state index contributed by atoms with van der Waals surface area (Å²) in [5, 5.41) is 9.98. The molecular formula is C14H22N2O3S. The molecule has 0 aromatic carbocycles. The molecule has 0 aliphatic heterocycles. The first-order valence-electron chi connectivity index (χ1n) is 7.05. The molecule has 1 aromatic heterocycles. The summed E-state index contributed by atoms with van der Waals surface area (Å²) in [7, 11) is 3.55. The molecule has 20 heavy (non-hydrogen) atoms. The summed E-state index contributed by atoms with van der Waals surface area (Å²) < 4.78 is 5.02. The average molecular weight is 298 g/mol. The zero-order valence-corrected chi connectivity index (χ0v) is 12.9. The van der Waals surface area contributed by atoms with Crippen LogP contribution in [0.3, 0.4) is 0 Å². The van der Waals surface area contributed by atoms with E-state index in [1.54, 1.807) is 7.11 Å². The molecule has 0 saturated heterocycles. The summed E-state index contributed by atoms with van der Waals surface area (Å²) in [6.07, 6.45) is 6.51. The number of carbonyl (C=O) groups is 1. The van der Waals surface area contributed by atoms with Crippen molar-refractivity contribution in [1.82, 2.24) is 4.98 Å². The largest absolute Gasteiger partial charge is 0.477 e. The predicted molar refractivity (Wildman–Crippen MR) is 79.6 cm³/mol. The molecule has 0 amide bonds. The highest BCUT2D eigenvalue weighted by Crippen LogP contribution is 2.29. The van der Waals surface area contributed by atoms with Crippen LogP contribution in [0.1, 0.15) is 47.5 Å². The van der Waals surface area contributed by atoms with E-state index in [2.05, 4.69) is 9.88 Å². The van der Waals surface area contributed by atoms with Crippen molar-refractivity contribution < 1.29 is 14.6 Å². The Bertz CT molecular complexity index is 455. The van der Waals surface area contributed by atoms with Gasteiger partial charge in [-0.05, 0) is 18.8 Å². The zero-order valence-electron chi connectivity index (χ0n) is 12.1. The highest BCUT2D eigenvalue weighted by atomic mass is 32.1. The maximum atomic E-state index is 11.2. The third-order valence-corrected chi connectivity index (χ3v) is 4.94. The van der Waals surface area contributed by atoms with Crippen LogP contribution in [0.4, 0.5) is 5.13 Å². The van der Waals surface area contributed by atoms with Crippen LogP contribution in [0.15, 0.2) is 0 Å². The van der Waals surface area contributed by atoms with Gasteiger partial charge in [-0.2, -0.15) is 0 Å². The normalized spacial score (nSPS) is 16.3. The number of rotatable bonds is 6. The van der Waals surface area contributed by atoms with Crippen LogP contribution in [0.25, 0.3) is 0 Å². The minimum absolute atomic E-state index is 0.245. The van der Waals surface area contributed by atoms with E-state index in [9.17, 15) is 9.90 Å². The van der Waals surface area contributed by atoms with Crippen molar-refractivity contribution in [1.29, 1.82) is 0 Å². The third-order valence-electron chi connectivity index (χ3n) is 3.74. The molecule has 112 valence electrons. The van der Waals surface area contributed by atoms with Crippen molar-refractivity contribution in [2.24, 2.45) is 5.92 Å². The molecule has 0 unspecified atom stereocenters. The minimum atomic E-state index is -0.924. The van der Waals surface area contributed by atoms with Gasteiger partial charge in [0.1, 0.15) is 4.88 Å². The molecule has 0 bridgehead atoms. The Morgan fingerprint density at radius 1 is 1.45 bits per heavy atom. The lowest BCUT2D eigenvalue weighted by Gasteiger charge is -2.26. The van der Waals surface area contributed by atoms with Gasteiger partial charge in [0.2, 0.25) is 0 Å². The minimum Gasteiger partial charge on any atom is -0.477 e. The van der Waals surface area contributed by atoms with Crippen LogP contribution in [-0.2, 0) is 11.3 Å². The Kier molecular flexibility index (Phi) is 5.37. The Balaban J connectivity index is 2.06. The zero-order chi connectivity index (χ0) is 14.5. The van der Waals surface area contributed by atoms with Gasteiger partial charge in [0, 0.05) is 20.7 Å². The number of aromatic nitrogens is 1. The molecule has 0 radical (unpaired) electrons. The lowest BCUT2D eigenvalue weighted by Crippen LogP contribution is -2.26. The van der Waals surface area contributed by atoms with Gasteiger partial charge in [0.05, 0.1) is 12.3 Å². The fourth-order valence-electron chi connectivity index (χ4n) is 2.74. The number of carboxylic acid groups (broad SMARTS) is 1. The fourth-order valence-corrected chi connectivity index (χ4v) is 3.62. The summed E-state index contributed by atoms with van der Waals surface area (Å²) in [5.74, 6) is -0.219. The molecule has 1 aliphatic carbocycles. The van der Waals surface area contributed by atoms with Crippen LogP contribution >= 0.6 is 11.3 Å². The van der Waals surface area contributed by atoms with Gasteiger partial charge in [0.15, 0.2) is 5.13 Å². The van der Waals surface area contributed by atoms with Crippen LogP contribution in [0, 0.1) is 5.92 Å². The van der Waals surface area contributed by atoms with E-state index in [-0.39, 0.29) is 11.5 Å². The molecule has 6 heteroatoms. The Labute approximate surface area is 123 Å². The van der Waals surface area contributed by atoms with Crippen molar-refractivity contribution in [3.8, 4) is 0 Å². The first-order chi connectivity index (χ1) is 9.61. The molecule has 1 N–H and O–H groups in total. The van der Waals surface area contributed by atoms with Gasteiger partial charge in [-0.25, -0.2) is 9.78 Å². The molecule has 1 aromatic rings. The van der Waals surface area contributed by atoms with Crippen LogP contribution < -0.4 is 4.90 Å². The maximum Gasteiger partial charge on any atom is 0.347 e. The summed E-state index contributed by atoms with van der Waals surface area (Å²) in [5.41, 5.74) is 0.524. The van der Waals surface area contributed by atoms with Gasteiger partial charge in [-0.15, -0.1) is 0 Å². The fraction of sp³-hybridized carbons (Fsp3) is 0.714. The van der Waals surface area contributed by atoms with Crippen molar-refractivity contribution in [3.05, 3.63) is 10.6 Å². The smallest absolute Gasteiger partial charge is 0.347 e. The maximum absolute atomic E-state index is 11.2. The second-order valence-electron chi connectivity index (χ2n) is 5.39. The van der Waals surface area contributed by atoms with Crippen molar-refractivity contribution in [2.75, 3.05) is 25.6 Å². The molecule has 5 nitrogen and oxygen atoms in total. The number of thiazole rings is 1. The number of hydrogen-bond donors (Lipinski definition) is 1. The Morgan fingerprint density at radius 2 is 2.15 bits per heavy atom. The second kappa shape index (κ2) is 7.04. The van der Waals surface area contributed by atoms with Crippen LogP contribution in [0.2, 0.25) is 0 Å². The van der Waals surface area contributed by atoms with Gasteiger partial charge in [-0.1, -0.05) is 30.6 Å². The van der Waals surface area contributed by atoms with E-state index < -0.39 is 5.97 Å². The van der Waals surface area contributed by atoms with E-state index in [0.29, 0.717) is 11.6 Å². The molecular weight excluding hydrogens is 276 g/mol. The molecule has 1 aliphatic rings. The van der Waals surface area contributed by atoms with Crippen LogP contribution in [0.5, 0.6) is 0 Å². The number of aromatic carboxylic acids is 1. The standard InChI is InChI=1S/C14H22N2O3S/c1-16(8-10-6-4-3-5-7-10)14-15-11(9-19-2)12(20-14)13(17)18/h10H,3-9H2,1-2H3,(H,17,18). The summed E-state index contributed by atoms with van der Waals surface area (Å²) in [6.45, 7) is 1.20. The monoisotopic (exact) mass is 298 g/mol. The summed E-state index contributed by atoms with van der Waals surface area (Å²) in [4.78, 5) is 18.0. The second-order valence-corrected chi connectivity index (χ2v) is 6.37. The lowest BCUT2D eigenvalue weighted by molar-refractivity contribution is 0.0697. The van der Waals surface area contributed by atoms with Crippen molar-refractivity contribution in [2.45, 2.75) is 38.7 Å². The van der Waals surface area contributed by atoms with Gasteiger partial charge < -0.3 is 14.7 Å². The van der Waals surface area contributed by atoms with Gasteiger partial charge >= 0.3 is 5.97 Å². The molecule has 2 rings (SSSR count). The van der Waals surface area contributed by atoms with E-state index in [1.165, 1.54) is 43.4 Å². The first-order valence-corrected chi connectivity index (χ1v) is 7.86. The quantitative estimate of drug-likeness (QED) is 0.874. The molecule has 1 heterocycles. The average Bonchev–Trinajstić information content (AvgIpc) is 2.85. The van der Waals surface area contributed by atoms with Gasteiger partial charge in [-0.3, -0.25) is 0 Å². The number of methoxy groups -OCH3 is 1. The lowest BCUT2D eigenvalue weighted by atomic mass is 9.89. The SMILES string of the molecule is COCc1nc(N(C)CC2CCCCC2)sc1C(=O)O. The number of carboxylic acids is 1. The third kappa shape index (κ3) is 3.70. The summed E-state index contributed by atoms with van der Waals surface area (Å²) in [6, 6.07) is 0. The number of nitrogens with zero attached hydrogens (tertiary/aromatic N) is 2. The van der Waals surface area contributed by atoms with Gasteiger partial charge in [0.25, 0.3) is 0 Å². The Hall–Kier alpha value is -1.14. The Morgan fingerprint density at radius 3 is 2.75 bits per heavy atom. The molecule has 0 spiro atoms. The number of ether oxygens (including phenoxy) is 1. The number of hydrogen-bond acceptors (Lipinski definition) is 5. The predicted octanol–water partition coefficient (Wildman–Crippen LogP) is 3.00. The molecule has 1 saturated carbocycles.